The number of carbonyl (C=O) groups is 2. The molecule has 4 heteroatoms. The fourth-order valence-corrected chi connectivity index (χ4v) is 3.30. The van der Waals surface area contributed by atoms with E-state index in [2.05, 4.69) is 10.3 Å². The first-order valence-electron chi connectivity index (χ1n) is 7.63. The second-order valence-electron chi connectivity index (χ2n) is 6.23. The van der Waals surface area contributed by atoms with Crippen molar-refractivity contribution in [2.75, 3.05) is 0 Å². The van der Waals surface area contributed by atoms with Gasteiger partial charge < -0.3 is 10.3 Å². The van der Waals surface area contributed by atoms with E-state index >= 15 is 0 Å². The number of fused-ring (bicyclic) bond motifs is 3. The summed E-state index contributed by atoms with van der Waals surface area (Å²) in [5.74, 6) is 0.480. The highest BCUT2D eigenvalue weighted by Gasteiger charge is 2.32. The summed E-state index contributed by atoms with van der Waals surface area (Å²) in [5.41, 5.74) is 4.30. The first-order valence-corrected chi connectivity index (χ1v) is 7.63. The second-order valence-corrected chi connectivity index (χ2v) is 6.23. The molecule has 21 heavy (non-hydrogen) atoms. The molecule has 1 amide bonds. The minimum atomic E-state index is 0.219. The van der Waals surface area contributed by atoms with E-state index in [1.165, 1.54) is 11.3 Å². The van der Waals surface area contributed by atoms with Gasteiger partial charge >= 0.3 is 0 Å². The lowest BCUT2D eigenvalue weighted by atomic mass is 9.91. The van der Waals surface area contributed by atoms with Crippen LogP contribution in [-0.4, -0.2) is 23.2 Å². The Bertz CT molecular complexity index is 728. The average Bonchev–Trinajstić information content (AvgIpc) is 3.29. The van der Waals surface area contributed by atoms with Gasteiger partial charge in [-0.2, -0.15) is 0 Å². The van der Waals surface area contributed by atoms with Gasteiger partial charge in [-0.25, -0.2) is 0 Å². The molecule has 1 unspecified atom stereocenters. The summed E-state index contributed by atoms with van der Waals surface area (Å²) >= 11 is 0. The molecule has 0 radical (unpaired) electrons. The lowest BCUT2D eigenvalue weighted by Crippen LogP contribution is -2.39. The van der Waals surface area contributed by atoms with E-state index in [-0.39, 0.29) is 17.9 Å². The zero-order valence-electron chi connectivity index (χ0n) is 11.8. The first kappa shape index (κ1) is 12.6. The maximum Gasteiger partial charge on any atom is 0.223 e. The SMILES string of the molecule is O=Cc1ccc2[nH]c3c(c2c1)CC(NC(=O)C1CC1)CC3. The molecule has 108 valence electrons. The molecular weight excluding hydrogens is 264 g/mol. The Morgan fingerprint density at radius 3 is 2.90 bits per heavy atom. The van der Waals surface area contributed by atoms with Crippen molar-refractivity contribution in [2.45, 2.75) is 38.1 Å². The van der Waals surface area contributed by atoms with Crippen LogP contribution in [0.3, 0.4) is 0 Å². The summed E-state index contributed by atoms with van der Waals surface area (Å²) in [6.45, 7) is 0. The molecule has 1 heterocycles. The third-order valence-electron chi connectivity index (χ3n) is 4.64. The number of aromatic amines is 1. The number of aromatic nitrogens is 1. The minimum Gasteiger partial charge on any atom is -0.358 e. The van der Waals surface area contributed by atoms with Crippen LogP contribution in [0.25, 0.3) is 10.9 Å². The van der Waals surface area contributed by atoms with Crippen molar-refractivity contribution in [3.63, 3.8) is 0 Å². The van der Waals surface area contributed by atoms with Crippen molar-refractivity contribution < 1.29 is 9.59 Å². The molecule has 4 rings (SSSR count). The summed E-state index contributed by atoms with van der Waals surface area (Å²) in [6, 6.07) is 5.98. The zero-order valence-corrected chi connectivity index (χ0v) is 11.8. The number of benzene rings is 1. The van der Waals surface area contributed by atoms with Crippen LogP contribution in [0.4, 0.5) is 0 Å². The van der Waals surface area contributed by atoms with Crippen LogP contribution in [0.1, 0.15) is 40.9 Å². The van der Waals surface area contributed by atoms with Gasteiger partial charge in [0.1, 0.15) is 6.29 Å². The molecule has 0 spiro atoms. The number of carbonyl (C=O) groups excluding carboxylic acids is 2. The Morgan fingerprint density at radius 2 is 2.14 bits per heavy atom. The van der Waals surface area contributed by atoms with E-state index in [0.717, 1.165) is 49.3 Å². The van der Waals surface area contributed by atoms with Crippen LogP contribution in [-0.2, 0) is 17.6 Å². The van der Waals surface area contributed by atoms with Crippen LogP contribution in [0.5, 0.6) is 0 Å². The van der Waals surface area contributed by atoms with Gasteiger partial charge in [0.25, 0.3) is 0 Å². The highest BCUT2D eigenvalue weighted by molar-refractivity contribution is 5.90. The lowest BCUT2D eigenvalue weighted by Gasteiger charge is -2.23. The fraction of sp³-hybridized carbons (Fsp3) is 0.412. The minimum absolute atomic E-state index is 0.219. The number of aldehydes is 1. The maximum absolute atomic E-state index is 11.9. The van der Waals surface area contributed by atoms with E-state index in [9.17, 15) is 9.59 Å². The molecule has 2 aliphatic rings. The van der Waals surface area contributed by atoms with E-state index in [4.69, 9.17) is 0 Å². The average molecular weight is 282 g/mol. The van der Waals surface area contributed by atoms with Gasteiger partial charge in [-0.15, -0.1) is 0 Å². The van der Waals surface area contributed by atoms with Crippen molar-refractivity contribution in [3.8, 4) is 0 Å². The molecule has 1 aromatic heterocycles. The highest BCUT2D eigenvalue weighted by atomic mass is 16.2. The van der Waals surface area contributed by atoms with E-state index in [1.54, 1.807) is 0 Å². The third-order valence-corrected chi connectivity index (χ3v) is 4.64. The van der Waals surface area contributed by atoms with Crippen LogP contribution in [0.2, 0.25) is 0 Å². The first-order chi connectivity index (χ1) is 10.2. The van der Waals surface area contributed by atoms with Crippen molar-refractivity contribution >= 4 is 23.1 Å². The smallest absolute Gasteiger partial charge is 0.223 e. The standard InChI is InChI=1S/C17H18N2O2/c20-9-10-1-5-15-13(7-10)14-8-12(4-6-16(14)19-15)18-17(21)11-2-3-11/h1,5,7,9,11-12,19H,2-4,6,8H2,(H,18,21). The Hall–Kier alpha value is -2.10. The molecule has 2 N–H and O–H groups in total. The summed E-state index contributed by atoms with van der Waals surface area (Å²) in [6.07, 6.45) is 5.76. The van der Waals surface area contributed by atoms with E-state index in [1.807, 2.05) is 18.2 Å². The van der Waals surface area contributed by atoms with Crippen LogP contribution in [0.15, 0.2) is 18.2 Å². The van der Waals surface area contributed by atoms with E-state index in [0.29, 0.717) is 5.56 Å². The quantitative estimate of drug-likeness (QED) is 0.849. The number of H-pyrrole nitrogens is 1. The molecular formula is C17H18N2O2. The number of amides is 1. The van der Waals surface area contributed by atoms with Crippen molar-refractivity contribution in [3.05, 3.63) is 35.0 Å². The molecule has 2 aromatic rings. The van der Waals surface area contributed by atoms with Gasteiger partial charge in [0, 0.05) is 34.1 Å². The van der Waals surface area contributed by atoms with Crippen molar-refractivity contribution in [1.82, 2.24) is 10.3 Å². The van der Waals surface area contributed by atoms with Crippen molar-refractivity contribution in [1.29, 1.82) is 0 Å². The molecule has 0 aliphatic heterocycles. The van der Waals surface area contributed by atoms with Gasteiger partial charge in [0.2, 0.25) is 5.91 Å². The lowest BCUT2D eigenvalue weighted by molar-refractivity contribution is -0.123. The Morgan fingerprint density at radius 1 is 1.29 bits per heavy atom. The largest absolute Gasteiger partial charge is 0.358 e. The number of hydrogen-bond donors (Lipinski definition) is 2. The van der Waals surface area contributed by atoms with Gasteiger partial charge in [0.15, 0.2) is 0 Å². The molecule has 4 nitrogen and oxygen atoms in total. The zero-order chi connectivity index (χ0) is 14.4. The van der Waals surface area contributed by atoms with Gasteiger partial charge in [-0.1, -0.05) is 0 Å². The predicted molar refractivity (Wildman–Crippen MR) is 80.4 cm³/mol. The molecule has 1 saturated carbocycles. The molecule has 0 saturated heterocycles. The summed E-state index contributed by atoms with van der Waals surface area (Å²) in [5, 5.41) is 4.31. The Kier molecular flexibility index (Phi) is 2.84. The molecule has 1 atom stereocenters. The summed E-state index contributed by atoms with van der Waals surface area (Å²) in [7, 11) is 0. The normalized spacial score (nSPS) is 21.0. The van der Waals surface area contributed by atoms with Crippen LogP contribution < -0.4 is 5.32 Å². The number of nitrogens with one attached hydrogen (secondary N) is 2. The third kappa shape index (κ3) is 2.24. The van der Waals surface area contributed by atoms with Gasteiger partial charge in [-0.3, -0.25) is 9.59 Å². The highest BCUT2D eigenvalue weighted by Crippen LogP contribution is 2.32. The molecule has 2 aliphatic carbocycles. The van der Waals surface area contributed by atoms with E-state index < -0.39 is 0 Å². The number of hydrogen-bond acceptors (Lipinski definition) is 2. The molecule has 0 bridgehead atoms. The van der Waals surface area contributed by atoms with Crippen molar-refractivity contribution in [2.24, 2.45) is 5.92 Å². The number of aryl methyl sites for hydroxylation is 1. The van der Waals surface area contributed by atoms with Gasteiger partial charge in [0.05, 0.1) is 0 Å². The second kappa shape index (κ2) is 4.72. The molecule has 1 fully saturated rings. The fourth-order valence-electron chi connectivity index (χ4n) is 3.30. The Balaban J connectivity index is 1.63. The summed E-state index contributed by atoms with van der Waals surface area (Å²) in [4.78, 5) is 26.3. The maximum atomic E-state index is 11.9. The predicted octanol–water partition coefficient (Wildman–Crippen LogP) is 2.36. The topological polar surface area (TPSA) is 62.0 Å². The monoisotopic (exact) mass is 282 g/mol. The Labute approximate surface area is 122 Å². The molecule has 1 aromatic carbocycles. The summed E-state index contributed by atoms with van der Waals surface area (Å²) < 4.78 is 0. The van der Waals surface area contributed by atoms with Gasteiger partial charge in [-0.05, 0) is 55.9 Å². The number of rotatable bonds is 3. The van der Waals surface area contributed by atoms with Crippen LogP contribution >= 0.6 is 0 Å². The van der Waals surface area contributed by atoms with Crippen LogP contribution in [0, 0.1) is 5.92 Å².